The molecule has 5 heteroatoms. The molecule has 1 unspecified atom stereocenters. The molecule has 0 amide bonds. The number of rotatable bonds is 1. The van der Waals surface area contributed by atoms with Crippen LogP contribution < -0.4 is 4.74 Å². The van der Waals surface area contributed by atoms with Gasteiger partial charge in [0.15, 0.2) is 11.1 Å². The maximum absolute atomic E-state index is 11.2. The second kappa shape index (κ2) is 4.33. The van der Waals surface area contributed by atoms with E-state index in [9.17, 15) is 8.76 Å². The molecule has 1 aromatic rings. The molecule has 1 fully saturated rings. The van der Waals surface area contributed by atoms with Gasteiger partial charge in [-0.15, -0.1) is 0 Å². The normalized spacial score (nSPS) is 22.6. The van der Waals surface area contributed by atoms with E-state index in [2.05, 4.69) is 0 Å². The first kappa shape index (κ1) is 12.1. The van der Waals surface area contributed by atoms with Gasteiger partial charge in [0.05, 0.1) is 18.1 Å². The lowest BCUT2D eigenvalue weighted by molar-refractivity contribution is -0.0330. The number of ether oxygens (including phenoxy) is 2. The highest BCUT2D eigenvalue weighted by Gasteiger charge is 2.41. The molecule has 1 saturated heterocycles. The summed E-state index contributed by atoms with van der Waals surface area (Å²) in [6.45, 7) is 3.29. The molecule has 0 radical (unpaired) electrons. The molecule has 18 heavy (non-hydrogen) atoms. The van der Waals surface area contributed by atoms with Crippen LogP contribution in [0.5, 0.6) is 5.75 Å². The molecule has 0 bridgehead atoms. The first-order valence-electron chi connectivity index (χ1n) is 6.11. The number of benzene rings is 1. The molecule has 2 heterocycles. The van der Waals surface area contributed by atoms with E-state index in [1.54, 1.807) is 0 Å². The second-order valence-corrected chi connectivity index (χ2v) is 5.99. The highest BCUT2D eigenvalue weighted by atomic mass is 32.2. The molecule has 1 N–H and O–H groups in total. The van der Waals surface area contributed by atoms with E-state index in [-0.39, 0.29) is 5.60 Å². The number of aryl methyl sites for hydroxylation is 1. The van der Waals surface area contributed by atoms with Gasteiger partial charge in [0, 0.05) is 19.3 Å². The lowest BCUT2D eigenvalue weighted by atomic mass is 9.89. The predicted molar refractivity (Wildman–Crippen MR) is 67.3 cm³/mol. The molecular formula is C13H16O4S. The monoisotopic (exact) mass is 268 g/mol. The Bertz CT molecular complexity index is 506. The van der Waals surface area contributed by atoms with Crippen molar-refractivity contribution in [2.75, 3.05) is 13.2 Å². The molecule has 2 aliphatic heterocycles. The Balaban J connectivity index is 1.95. The molecular weight excluding hydrogens is 252 g/mol. The fourth-order valence-electron chi connectivity index (χ4n) is 2.76. The van der Waals surface area contributed by atoms with Crippen LogP contribution in [-0.2, 0) is 22.2 Å². The van der Waals surface area contributed by atoms with E-state index in [1.165, 1.54) is 0 Å². The van der Waals surface area contributed by atoms with Crippen molar-refractivity contribution in [3.05, 3.63) is 23.3 Å². The van der Waals surface area contributed by atoms with Crippen molar-refractivity contribution in [2.24, 2.45) is 0 Å². The first-order valence-corrected chi connectivity index (χ1v) is 7.21. The standard InChI is InChI=1S/C13H16O4S/c1-9-6-11-10(7-12(9)18(14)15)8-13(17-11)2-4-16-5-3-13/h6-7H,2-5,8H2,1H3,(H,14,15). The summed E-state index contributed by atoms with van der Waals surface area (Å²) in [6, 6.07) is 3.69. The van der Waals surface area contributed by atoms with Crippen molar-refractivity contribution < 1.29 is 18.2 Å². The highest BCUT2D eigenvalue weighted by Crippen LogP contribution is 2.42. The predicted octanol–water partition coefficient (Wildman–Crippen LogP) is 2.06. The highest BCUT2D eigenvalue weighted by molar-refractivity contribution is 7.79. The van der Waals surface area contributed by atoms with E-state index >= 15 is 0 Å². The van der Waals surface area contributed by atoms with E-state index in [1.807, 2.05) is 19.1 Å². The van der Waals surface area contributed by atoms with Gasteiger partial charge in [0.2, 0.25) is 0 Å². The van der Waals surface area contributed by atoms with Gasteiger partial charge in [-0.05, 0) is 30.2 Å². The minimum Gasteiger partial charge on any atom is -0.486 e. The number of hydrogen-bond acceptors (Lipinski definition) is 3. The Kier molecular flexibility index (Phi) is 2.92. The van der Waals surface area contributed by atoms with Crippen molar-refractivity contribution in [1.29, 1.82) is 0 Å². The Morgan fingerprint density at radius 3 is 2.72 bits per heavy atom. The van der Waals surface area contributed by atoms with Crippen LogP contribution in [-0.4, -0.2) is 27.6 Å². The van der Waals surface area contributed by atoms with E-state index in [4.69, 9.17) is 9.47 Å². The van der Waals surface area contributed by atoms with Gasteiger partial charge in [0.1, 0.15) is 11.4 Å². The molecule has 1 spiro atoms. The lowest BCUT2D eigenvalue weighted by Crippen LogP contribution is -2.40. The molecule has 2 aliphatic rings. The summed E-state index contributed by atoms with van der Waals surface area (Å²) in [5.74, 6) is 0.864. The van der Waals surface area contributed by atoms with Gasteiger partial charge in [-0.3, -0.25) is 0 Å². The molecule has 1 atom stereocenters. The fraction of sp³-hybridized carbons (Fsp3) is 0.538. The number of fused-ring (bicyclic) bond motifs is 1. The minimum absolute atomic E-state index is 0.150. The maximum atomic E-state index is 11.2. The summed E-state index contributed by atoms with van der Waals surface area (Å²) in [7, 11) is 0. The zero-order chi connectivity index (χ0) is 12.8. The SMILES string of the molecule is Cc1cc2c(cc1S(=O)O)CC1(CCOCC1)O2. The van der Waals surface area contributed by atoms with Gasteiger partial charge in [-0.25, -0.2) is 4.21 Å². The van der Waals surface area contributed by atoms with Crippen LogP contribution in [0.2, 0.25) is 0 Å². The fourth-order valence-corrected chi connectivity index (χ4v) is 3.34. The summed E-state index contributed by atoms with van der Waals surface area (Å²) in [4.78, 5) is 0.487. The largest absolute Gasteiger partial charge is 0.486 e. The molecule has 98 valence electrons. The zero-order valence-electron chi connectivity index (χ0n) is 10.3. The lowest BCUT2D eigenvalue weighted by Gasteiger charge is -2.32. The van der Waals surface area contributed by atoms with E-state index in [0.717, 1.165) is 49.4 Å². The molecule has 0 aromatic heterocycles. The summed E-state index contributed by atoms with van der Waals surface area (Å²) in [6.07, 6.45) is 2.59. The minimum atomic E-state index is -1.93. The Labute approximate surface area is 109 Å². The quantitative estimate of drug-likeness (QED) is 0.792. The third-order valence-corrected chi connectivity index (χ3v) is 4.61. The average molecular weight is 268 g/mol. The van der Waals surface area contributed by atoms with Gasteiger partial charge >= 0.3 is 0 Å². The van der Waals surface area contributed by atoms with Crippen LogP contribution in [0.3, 0.4) is 0 Å². The van der Waals surface area contributed by atoms with Gasteiger partial charge < -0.3 is 14.0 Å². The Hall–Kier alpha value is -0.910. The van der Waals surface area contributed by atoms with Crippen molar-refractivity contribution >= 4 is 11.1 Å². The van der Waals surface area contributed by atoms with E-state index < -0.39 is 11.1 Å². The Morgan fingerprint density at radius 2 is 2.06 bits per heavy atom. The molecule has 4 nitrogen and oxygen atoms in total. The summed E-state index contributed by atoms with van der Waals surface area (Å²) >= 11 is -1.93. The van der Waals surface area contributed by atoms with Crippen molar-refractivity contribution in [3.63, 3.8) is 0 Å². The molecule has 3 rings (SSSR count). The molecule has 0 aliphatic carbocycles. The average Bonchev–Trinajstić information content (AvgIpc) is 2.65. The van der Waals surface area contributed by atoms with Crippen molar-refractivity contribution in [1.82, 2.24) is 0 Å². The maximum Gasteiger partial charge on any atom is 0.186 e. The van der Waals surface area contributed by atoms with Crippen LogP contribution in [0.1, 0.15) is 24.0 Å². The number of hydrogen-bond donors (Lipinski definition) is 1. The van der Waals surface area contributed by atoms with Crippen LogP contribution >= 0.6 is 0 Å². The van der Waals surface area contributed by atoms with Crippen molar-refractivity contribution in [2.45, 2.75) is 36.7 Å². The smallest absolute Gasteiger partial charge is 0.186 e. The molecule has 1 aromatic carbocycles. The van der Waals surface area contributed by atoms with Crippen LogP contribution in [0.25, 0.3) is 0 Å². The van der Waals surface area contributed by atoms with E-state index in [0.29, 0.717) is 4.90 Å². The zero-order valence-corrected chi connectivity index (χ0v) is 11.1. The third kappa shape index (κ3) is 1.96. The van der Waals surface area contributed by atoms with Crippen LogP contribution in [0.15, 0.2) is 17.0 Å². The first-order chi connectivity index (χ1) is 8.60. The van der Waals surface area contributed by atoms with Gasteiger partial charge in [-0.1, -0.05) is 0 Å². The summed E-state index contributed by atoms with van der Waals surface area (Å²) in [5.41, 5.74) is 1.70. The Morgan fingerprint density at radius 1 is 1.33 bits per heavy atom. The van der Waals surface area contributed by atoms with Crippen molar-refractivity contribution in [3.8, 4) is 5.75 Å². The van der Waals surface area contributed by atoms with Gasteiger partial charge in [0.25, 0.3) is 0 Å². The summed E-state index contributed by atoms with van der Waals surface area (Å²) < 4.78 is 32.0. The third-order valence-electron chi connectivity index (χ3n) is 3.79. The second-order valence-electron chi connectivity index (χ2n) is 5.05. The topological polar surface area (TPSA) is 55.8 Å². The molecule has 0 saturated carbocycles. The van der Waals surface area contributed by atoms with Gasteiger partial charge in [-0.2, -0.15) is 0 Å². The summed E-state index contributed by atoms with van der Waals surface area (Å²) in [5, 5.41) is 0. The van der Waals surface area contributed by atoms with Crippen LogP contribution in [0.4, 0.5) is 0 Å². The van der Waals surface area contributed by atoms with Crippen LogP contribution in [0, 0.1) is 6.92 Å².